The number of hydrogen-bond acceptors (Lipinski definition) is 6. The van der Waals surface area contributed by atoms with E-state index in [1.807, 2.05) is 13.0 Å². The molecule has 0 radical (unpaired) electrons. The predicted molar refractivity (Wildman–Crippen MR) is 125 cm³/mol. The molecule has 8 nitrogen and oxygen atoms in total. The minimum Gasteiger partial charge on any atom is -0.505 e. The fraction of sp³-hybridized carbons (Fsp3) is 0.280. The van der Waals surface area contributed by atoms with Crippen LogP contribution in [0.3, 0.4) is 0 Å². The normalized spacial score (nSPS) is 16.8. The molecule has 3 aromatic rings. The number of ketones is 1. The van der Waals surface area contributed by atoms with Crippen molar-refractivity contribution in [1.82, 2.24) is 14.7 Å². The highest BCUT2D eigenvalue weighted by Crippen LogP contribution is 2.40. The van der Waals surface area contributed by atoms with Crippen molar-refractivity contribution in [3.63, 3.8) is 0 Å². The lowest BCUT2D eigenvalue weighted by molar-refractivity contribution is -0.00593. The summed E-state index contributed by atoms with van der Waals surface area (Å²) in [5.74, 6) is -0.477. The largest absolute Gasteiger partial charge is 0.505 e. The number of ether oxygens (including phenoxy) is 1. The number of halogens is 1. The van der Waals surface area contributed by atoms with Gasteiger partial charge in [-0.15, -0.1) is 0 Å². The van der Waals surface area contributed by atoms with Crippen LogP contribution in [0.4, 0.5) is 0 Å². The van der Waals surface area contributed by atoms with Gasteiger partial charge >= 0.3 is 0 Å². The summed E-state index contributed by atoms with van der Waals surface area (Å²) in [5, 5.41) is 15.0. The molecule has 1 N–H and O–H groups in total. The van der Waals surface area contributed by atoms with Crippen LogP contribution in [-0.4, -0.2) is 50.2 Å². The number of hydrogen-bond donors (Lipinski definition) is 1. The zero-order valence-corrected chi connectivity index (χ0v) is 19.2. The molecule has 1 amide bonds. The summed E-state index contributed by atoms with van der Waals surface area (Å²) in [6, 6.07) is 13.1. The van der Waals surface area contributed by atoms with E-state index in [9.17, 15) is 19.5 Å². The van der Waals surface area contributed by atoms with Gasteiger partial charge in [-0.05, 0) is 42.8 Å². The number of carbonyl (C=O) groups is 2. The van der Waals surface area contributed by atoms with Gasteiger partial charge in [-0.25, -0.2) is 0 Å². The van der Waals surface area contributed by atoms with Gasteiger partial charge in [0.15, 0.2) is 17.2 Å². The summed E-state index contributed by atoms with van der Waals surface area (Å²) in [6.45, 7) is 2.52. The number of aryl methyl sites for hydroxylation is 1. The number of amides is 1. The van der Waals surface area contributed by atoms with Crippen LogP contribution in [-0.2, 0) is 0 Å². The Balaban J connectivity index is 1.37. The van der Waals surface area contributed by atoms with Crippen molar-refractivity contribution in [2.45, 2.75) is 31.8 Å². The molecule has 0 atom stereocenters. The number of aromatic hydroxyl groups is 1. The van der Waals surface area contributed by atoms with Gasteiger partial charge in [-0.2, -0.15) is 9.78 Å². The zero-order chi connectivity index (χ0) is 24.0. The maximum Gasteiger partial charge on any atom is 0.278 e. The Morgan fingerprint density at radius 1 is 1.12 bits per heavy atom. The van der Waals surface area contributed by atoms with Crippen molar-refractivity contribution in [2.24, 2.45) is 0 Å². The molecular weight excluding hydrogens is 458 g/mol. The molecule has 9 heteroatoms. The number of piperidine rings is 1. The van der Waals surface area contributed by atoms with Gasteiger partial charge in [0, 0.05) is 37.0 Å². The third-order valence-electron chi connectivity index (χ3n) is 6.37. The first kappa shape index (κ1) is 22.2. The summed E-state index contributed by atoms with van der Waals surface area (Å²) in [4.78, 5) is 39.9. The summed E-state index contributed by atoms with van der Waals surface area (Å²) < 4.78 is 7.33. The van der Waals surface area contributed by atoms with Crippen LogP contribution >= 0.6 is 11.6 Å². The molecule has 1 spiro atoms. The van der Waals surface area contributed by atoms with E-state index in [4.69, 9.17) is 16.3 Å². The second-order valence-electron chi connectivity index (χ2n) is 8.78. The van der Waals surface area contributed by atoms with Crippen LogP contribution in [0.1, 0.15) is 45.7 Å². The van der Waals surface area contributed by atoms with Gasteiger partial charge in [0.05, 0.1) is 17.7 Å². The highest BCUT2D eigenvalue weighted by molar-refractivity contribution is 6.31. The number of aromatic nitrogens is 2. The van der Waals surface area contributed by atoms with Gasteiger partial charge in [-0.1, -0.05) is 23.7 Å². The molecule has 3 heterocycles. The number of likely N-dealkylation sites (tertiary alicyclic amines) is 1. The summed E-state index contributed by atoms with van der Waals surface area (Å²) >= 11 is 6.01. The minimum atomic E-state index is -0.690. The average Bonchev–Trinajstić information content (AvgIpc) is 2.80. The first-order valence-corrected chi connectivity index (χ1v) is 11.3. The Kier molecular flexibility index (Phi) is 5.40. The lowest BCUT2D eigenvalue weighted by Crippen LogP contribution is -2.52. The Hall–Kier alpha value is -3.65. The van der Waals surface area contributed by atoms with Crippen LogP contribution < -0.4 is 10.3 Å². The Morgan fingerprint density at radius 2 is 1.88 bits per heavy atom. The lowest BCUT2D eigenvalue weighted by atomic mass is 9.82. The molecule has 2 aliphatic rings. The lowest BCUT2D eigenvalue weighted by Gasteiger charge is -2.43. The first-order chi connectivity index (χ1) is 16.2. The van der Waals surface area contributed by atoms with E-state index < -0.39 is 22.8 Å². The third kappa shape index (κ3) is 3.94. The summed E-state index contributed by atoms with van der Waals surface area (Å²) in [5.41, 5.74) is 0.487. The SMILES string of the molecule is Cc1cccc(-n2nc(C(=O)N3CCC4(CC3)CC(=O)c3cc(Cl)ccc3O4)c(O)cc2=O)c1. The average molecular weight is 480 g/mol. The van der Waals surface area contributed by atoms with Crippen molar-refractivity contribution in [3.8, 4) is 17.2 Å². The van der Waals surface area contributed by atoms with Gasteiger partial charge in [0.25, 0.3) is 11.5 Å². The molecule has 2 aliphatic heterocycles. The molecule has 1 aromatic heterocycles. The van der Waals surface area contributed by atoms with Crippen molar-refractivity contribution >= 4 is 23.3 Å². The highest BCUT2D eigenvalue weighted by atomic mass is 35.5. The smallest absolute Gasteiger partial charge is 0.278 e. The van der Waals surface area contributed by atoms with Crippen molar-refractivity contribution in [3.05, 3.63) is 80.7 Å². The van der Waals surface area contributed by atoms with Crippen LogP contribution in [0.15, 0.2) is 53.3 Å². The standard InChI is InChI=1S/C25H22ClN3O5/c1-15-3-2-4-17(11-15)29-22(32)13-19(30)23(27-29)24(33)28-9-7-25(8-10-28)14-20(31)18-12-16(26)5-6-21(18)34-25/h2-6,11-13,30H,7-10,14H2,1H3. The summed E-state index contributed by atoms with van der Waals surface area (Å²) in [7, 11) is 0. The maximum absolute atomic E-state index is 13.2. The van der Waals surface area contributed by atoms with Gasteiger partial charge in [-0.3, -0.25) is 14.4 Å². The van der Waals surface area contributed by atoms with Gasteiger partial charge in [0.2, 0.25) is 0 Å². The molecule has 0 aliphatic carbocycles. The number of nitrogens with zero attached hydrogens (tertiary/aromatic N) is 3. The van der Waals surface area contributed by atoms with E-state index in [1.165, 1.54) is 0 Å². The second-order valence-corrected chi connectivity index (χ2v) is 9.22. The van der Waals surface area contributed by atoms with E-state index in [-0.39, 0.29) is 17.9 Å². The number of benzene rings is 2. The quantitative estimate of drug-likeness (QED) is 0.603. The molecule has 0 unspecified atom stereocenters. The molecular formula is C25H22ClN3O5. The molecule has 0 saturated carbocycles. The van der Waals surface area contributed by atoms with Crippen LogP contribution in [0.25, 0.3) is 5.69 Å². The number of rotatable bonds is 2. The molecule has 34 heavy (non-hydrogen) atoms. The third-order valence-corrected chi connectivity index (χ3v) is 6.61. The maximum atomic E-state index is 13.2. The van der Waals surface area contributed by atoms with Crippen molar-refractivity contribution in [1.29, 1.82) is 0 Å². The van der Waals surface area contributed by atoms with Gasteiger partial charge in [0.1, 0.15) is 11.4 Å². The molecule has 174 valence electrons. The van der Waals surface area contributed by atoms with Crippen LogP contribution in [0.2, 0.25) is 5.02 Å². The number of carbonyl (C=O) groups excluding carboxylic acids is 2. The Labute approximate surface area is 200 Å². The van der Waals surface area contributed by atoms with Crippen LogP contribution in [0.5, 0.6) is 11.5 Å². The van der Waals surface area contributed by atoms with E-state index in [0.717, 1.165) is 16.3 Å². The predicted octanol–water partition coefficient (Wildman–Crippen LogP) is 3.54. The van der Waals surface area contributed by atoms with Crippen molar-refractivity contribution in [2.75, 3.05) is 13.1 Å². The fourth-order valence-electron chi connectivity index (χ4n) is 4.56. The minimum absolute atomic E-state index is 0.0342. The van der Waals surface area contributed by atoms with E-state index in [2.05, 4.69) is 5.10 Å². The Morgan fingerprint density at radius 3 is 2.62 bits per heavy atom. The highest BCUT2D eigenvalue weighted by Gasteiger charge is 2.44. The first-order valence-electron chi connectivity index (χ1n) is 11.0. The number of fused-ring (bicyclic) bond motifs is 1. The van der Waals surface area contributed by atoms with E-state index in [0.29, 0.717) is 48.0 Å². The topological polar surface area (TPSA) is 102 Å². The van der Waals surface area contributed by atoms with E-state index >= 15 is 0 Å². The molecule has 2 aromatic carbocycles. The number of Topliss-reactive ketones (excluding diaryl/α,β-unsaturated/α-hetero) is 1. The second kappa shape index (κ2) is 8.29. The molecule has 0 bridgehead atoms. The Bertz CT molecular complexity index is 1380. The zero-order valence-electron chi connectivity index (χ0n) is 18.5. The van der Waals surface area contributed by atoms with Gasteiger partial charge < -0.3 is 14.7 Å². The van der Waals surface area contributed by atoms with Crippen molar-refractivity contribution < 1.29 is 19.4 Å². The molecule has 1 fully saturated rings. The monoisotopic (exact) mass is 479 g/mol. The molecule has 5 rings (SSSR count). The van der Waals surface area contributed by atoms with Crippen LogP contribution in [0, 0.1) is 6.92 Å². The molecule has 1 saturated heterocycles. The fourth-order valence-corrected chi connectivity index (χ4v) is 4.73. The van der Waals surface area contributed by atoms with E-state index in [1.54, 1.807) is 41.3 Å². The summed E-state index contributed by atoms with van der Waals surface area (Å²) in [6.07, 6.45) is 1.11.